The van der Waals surface area contributed by atoms with Crippen LogP contribution in [0.2, 0.25) is 0 Å². The van der Waals surface area contributed by atoms with Crippen molar-refractivity contribution < 1.29 is 19.2 Å². The fourth-order valence-corrected chi connectivity index (χ4v) is 11.1. The molecule has 4 atom stereocenters. The summed E-state index contributed by atoms with van der Waals surface area (Å²) in [7, 11) is 0. The van der Waals surface area contributed by atoms with Gasteiger partial charge in [0.15, 0.2) is 0 Å². The Morgan fingerprint density at radius 3 is 1.59 bits per heavy atom. The smallest absolute Gasteiger partial charge is 0.250 e. The molecule has 64 heavy (non-hydrogen) atoms. The Hall–Kier alpha value is -5.78. The maximum atomic E-state index is 14.2. The van der Waals surface area contributed by atoms with Crippen molar-refractivity contribution >= 4 is 46.2 Å². The first-order valence-corrected chi connectivity index (χ1v) is 24.6. The van der Waals surface area contributed by atoms with E-state index in [1.807, 2.05) is 82.9 Å². The Kier molecular flexibility index (Phi) is 14.9. The molecule has 6 aromatic rings. The maximum absolute atomic E-state index is 14.2. The molecular formula is C53H57N5O4S2. The molecule has 4 aromatic carbocycles. The Labute approximate surface area is 385 Å². The summed E-state index contributed by atoms with van der Waals surface area (Å²) in [6.45, 7) is 5.43. The second kappa shape index (κ2) is 21.3. The molecule has 11 heteroatoms. The fourth-order valence-electron chi connectivity index (χ4n) is 8.98. The third-order valence-electron chi connectivity index (χ3n) is 12.5. The van der Waals surface area contributed by atoms with Crippen LogP contribution in [-0.2, 0) is 19.2 Å². The van der Waals surface area contributed by atoms with Crippen molar-refractivity contribution in [3.63, 3.8) is 0 Å². The lowest BCUT2D eigenvalue weighted by atomic mass is 9.90. The largest absolute Gasteiger partial charge is 0.341 e. The summed E-state index contributed by atoms with van der Waals surface area (Å²) in [4.78, 5) is 69.9. The SMILES string of the molecule is CCCCC(=O)C[C@@H](C(=O)N1CCC[C@H]1c1ncc(-c2ccc(-c3ccc(-c4cnc([C@@H]5CCCN5C(=O)[C@H](NC(=O)CCCC)c5ccccc5)s4)cc3)cc2)s1)c1ccccc1. The zero-order chi connectivity index (χ0) is 44.4. The van der Waals surface area contributed by atoms with Gasteiger partial charge in [0.25, 0.3) is 0 Å². The highest BCUT2D eigenvalue weighted by atomic mass is 32.1. The zero-order valence-electron chi connectivity index (χ0n) is 36.8. The standard InChI is InChI=1S/C53H57N5O4S2/c1-3-5-19-42(59)33-43(38-15-9-7-10-16-38)52(61)57-31-13-20-44(57)50-54-34-46(63-50)39-27-23-36(24-28-39)37-25-29-40(30-26-37)47-35-55-51(64-47)45-21-14-32-58(45)53(62)49(41-17-11-8-12-18-41)56-48(60)22-6-4-2/h7-12,15-18,23-30,34-35,43-45,49H,3-6,13-14,19-22,31-33H2,1-2H3,(H,56,60)/t43-,44+,45+,49-/m1/s1. The molecule has 0 aliphatic carbocycles. The van der Waals surface area contributed by atoms with Gasteiger partial charge in [-0.25, -0.2) is 9.97 Å². The minimum atomic E-state index is -0.732. The Balaban J connectivity index is 0.918. The third kappa shape index (κ3) is 10.4. The summed E-state index contributed by atoms with van der Waals surface area (Å²) < 4.78 is 0. The minimum Gasteiger partial charge on any atom is -0.341 e. The minimum absolute atomic E-state index is 0.0202. The van der Waals surface area contributed by atoms with Gasteiger partial charge < -0.3 is 15.1 Å². The number of benzene rings is 4. The molecule has 4 heterocycles. The molecule has 2 aromatic heterocycles. The van der Waals surface area contributed by atoms with Crippen molar-refractivity contribution in [2.75, 3.05) is 13.1 Å². The van der Waals surface area contributed by atoms with Crippen LogP contribution >= 0.6 is 22.7 Å². The topological polar surface area (TPSA) is 113 Å². The van der Waals surface area contributed by atoms with E-state index < -0.39 is 12.0 Å². The number of hydrogen-bond acceptors (Lipinski definition) is 8. The number of thiazole rings is 2. The molecule has 0 radical (unpaired) electrons. The highest BCUT2D eigenvalue weighted by Gasteiger charge is 2.38. The number of Topliss-reactive ketones (excluding diaryl/α,β-unsaturated/α-hetero) is 1. The van der Waals surface area contributed by atoms with E-state index in [0.717, 1.165) is 105 Å². The van der Waals surface area contributed by atoms with Crippen LogP contribution in [0.4, 0.5) is 0 Å². The molecule has 2 fully saturated rings. The molecule has 0 unspecified atom stereocenters. The molecule has 9 nitrogen and oxygen atoms in total. The van der Waals surface area contributed by atoms with Crippen LogP contribution in [-0.4, -0.2) is 56.4 Å². The number of amides is 3. The summed E-state index contributed by atoms with van der Waals surface area (Å²) in [6.07, 6.45) is 12.0. The van der Waals surface area contributed by atoms with Crippen LogP contribution < -0.4 is 5.32 Å². The number of nitrogens with one attached hydrogen (secondary N) is 1. The van der Waals surface area contributed by atoms with Gasteiger partial charge in [-0.2, -0.15) is 0 Å². The van der Waals surface area contributed by atoms with Crippen molar-refractivity contribution in [2.24, 2.45) is 0 Å². The molecule has 0 bridgehead atoms. The van der Waals surface area contributed by atoms with Gasteiger partial charge in [0.1, 0.15) is 21.8 Å². The van der Waals surface area contributed by atoms with Crippen LogP contribution in [0.3, 0.4) is 0 Å². The van der Waals surface area contributed by atoms with Gasteiger partial charge >= 0.3 is 0 Å². The van der Waals surface area contributed by atoms with Crippen molar-refractivity contribution in [1.82, 2.24) is 25.1 Å². The number of carbonyl (C=O) groups excluding carboxylic acids is 4. The lowest BCUT2D eigenvalue weighted by Crippen LogP contribution is -2.42. The number of ketones is 1. The monoisotopic (exact) mass is 891 g/mol. The van der Waals surface area contributed by atoms with Gasteiger partial charge in [0.05, 0.1) is 27.8 Å². The predicted molar refractivity (Wildman–Crippen MR) is 257 cm³/mol. The Morgan fingerprint density at radius 1 is 0.609 bits per heavy atom. The number of unbranched alkanes of at least 4 members (excludes halogenated alkanes) is 2. The van der Waals surface area contributed by atoms with Crippen LogP contribution in [0, 0.1) is 0 Å². The van der Waals surface area contributed by atoms with E-state index in [0.29, 0.717) is 25.9 Å². The number of hydrogen-bond donors (Lipinski definition) is 1. The Bertz CT molecular complexity index is 2330. The lowest BCUT2D eigenvalue weighted by molar-refractivity contribution is -0.137. The van der Waals surface area contributed by atoms with E-state index in [2.05, 4.69) is 67.7 Å². The zero-order valence-corrected chi connectivity index (χ0v) is 38.4. The average Bonchev–Trinajstić information content (AvgIpc) is 4.19. The number of rotatable bonds is 18. The quantitative estimate of drug-likeness (QED) is 0.0919. The van der Waals surface area contributed by atoms with Gasteiger partial charge in [0.2, 0.25) is 17.7 Å². The molecule has 1 N–H and O–H groups in total. The fraction of sp³-hybridized carbons (Fsp3) is 0.358. The normalized spacial score (nSPS) is 17.0. The van der Waals surface area contributed by atoms with E-state index in [-0.39, 0.29) is 42.0 Å². The van der Waals surface area contributed by atoms with Crippen molar-refractivity contribution in [1.29, 1.82) is 0 Å². The summed E-state index contributed by atoms with van der Waals surface area (Å²) in [5.41, 5.74) is 6.04. The van der Waals surface area contributed by atoms with E-state index in [4.69, 9.17) is 9.97 Å². The lowest BCUT2D eigenvalue weighted by Gasteiger charge is -2.28. The van der Waals surface area contributed by atoms with E-state index >= 15 is 0 Å². The molecule has 2 aliphatic heterocycles. The molecule has 3 amide bonds. The summed E-state index contributed by atoms with van der Waals surface area (Å²) in [5, 5.41) is 4.89. The van der Waals surface area contributed by atoms with E-state index in [1.165, 1.54) is 0 Å². The van der Waals surface area contributed by atoms with Gasteiger partial charge in [-0.3, -0.25) is 19.2 Å². The highest BCUT2D eigenvalue weighted by Crippen LogP contribution is 2.41. The van der Waals surface area contributed by atoms with E-state index in [9.17, 15) is 19.2 Å². The Morgan fingerprint density at radius 2 is 1.08 bits per heavy atom. The first kappa shape index (κ1) is 44.8. The number of aromatic nitrogens is 2. The molecule has 330 valence electrons. The molecule has 2 aliphatic rings. The molecule has 8 rings (SSSR count). The van der Waals surface area contributed by atoms with E-state index in [1.54, 1.807) is 22.7 Å². The third-order valence-corrected chi connectivity index (χ3v) is 14.8. The van der Waals surface area contributed by atoms with Gasteiger partial charge in [0, 0.05) is 44.7 Å². The second-order valence-corrected chi connectivity index (χ2v) is 19.1. The summed E-state index contributed by atoms with van der Waals surface area (Å²) in [6, 6.07) is 35.4. The van der Waals surface area contributed by atoms with Crippen LogP contribution in [0.15, 0.2) is 122 Å². The van der Waals surface area contributed by atoms with Crippen LogP contribution in [0.5, 0.6) is 0 Å². The second-order valence-electron chi connectivity index (χ2n) is 17.0. The van der Waals surface area contributed by atoms with Gasteiger partial charge in [-0.05, 0) is 71.9 Å². The highest BCUT2D eigenvalue weighted by molar-refractivity contribution is 7.15. The van der Waals surface area contributed by atoms with Gasteiger partial charge in [-0.1, -0.05) is 136 Å². The summed E-state index contributed by atoms with van der Waals surface area (Å²) in [5.74, 6) is -0.511. The predicted octanol–water partition coefficient (Wildman–Crippen LogP) is 11.9. The molecule has 2 saturated heterocycles. The van der Waals surface area contributed by atoms with Crippen molar-refractivity contribution in [2.45, 2.75) is 109 Å². The van der Waals surface area contributed by atoms with Crippen molar-refractivity contribution in [3.05, 3.63) is 143 Å². The van der Waals surface area contributed by atoms with Gasteiger partial charge in [-0.15, -0.1) is 22.7 Å². The number of carbonyl (C=O) groups is 4. The number of likely N-dealkylation sites (tertiary alicyclic amines) is 2. The average molecular weight is 892 g/mol. The summed E-state index contributed by atoms with van der Waals surface area (Å²) >= 11 is 3.26. The first-order valence-electron chi connectivity index (χ1n) is 23.0. The van der Waals surface area contributed by atoms with Crippen LogP contribution in [0.1, 0.15) is 130 Å². The molecule has 0 saturated carbocycles. The molecular weight excluding hydrogens is 835 g/mol. The maximum Gasteiger partial charge on any atom is 0.250 e. The van der Waals surface area contributed by atoms with Crippen molar-refractivity contribution in [3.8, 4) is 32.0 Å². The molecule has 0 spiro atoms. The number of nitrogens with zero attached hydrogens (tertiary/aromatic N) is 4. The first-order chi connectivity index (χ1) is 31.3. The van der Waals surface area contributed by atoms with Crippen LogP contribution in [0.25, 0.3) is 32.0 Å².